The first kappa shape index (κ1) is 21.3. The third kappa shape index (κ3) is 6.02. The summed E-state index contributed by atoms with van der Waals surface area (Å²) in [5.41, 5.74) is 1.06. The van der Waals surface area contributed by atoms with E-state index in [2.05, 4.69) is 40.9 Å². The normalized spacial score (nSPS) is 21.7. The number of hydrogen-bond acceptors (Lipinski definition) is 4. The number of amides is 1. The van der Waals surface area contributed by atoms with Crippen molar-refractivity contribution in [2.45, 2.75) is 71.5 Å². The maximum absolute atomic E-state index is 12.5. The van der Waals surface area contributed by atoms with Crippen molar-refractivity contribution in [3.05, 3.63) is 30.1 Å². The molecule has 2 fully saturated rings. The van der Waals surface area contributed by atoms with Gasteiger partial charge in [-0.05, 0) is 82.8 Å². The Morgan fingerprint density at radius 1 is 1.14 bits per heavy atom. The third-order valence-corrected chi connectivity index (χ3v) is 6.54. The van der Waals surface area contributed by atoms with Crippen LogP contribution in [0.4, 0.5) is 0 Å². The Labute approximate surface area is 170 Å². The van der Waals surface area contributed by atoms with Crippen molar-refractivity contribution in [1.29, 1.82) is 0 Å². The van der Waals surface area contributed by atoms with E-state index in [0.717, 1.165) is 37.4 Å². The lowest BCUT2D eigenvalue weighted by atomic mass is 9.92. The van der Waals surface area contributed by atoms with Gasteiger partial charge in [-0.15, -0.1) is 0 Å². The lowest BCUT2D eigenvalue weighted by molar-refractivity contribution is -0.126. The number of rotatable bonds is 7. The third-order valence-electron chi connectivity index (χ3n) is 6.54. The number of nitrogens with zero attached hydrogens (tertiary/aromatic N) is 3. The number of likely N-dealkylation sites (tertiary alicyclic amines) is 2. The molecule has 1 aromatic heterocycles. The Kier molecular flexibility index (Phi) is 7.86. The molecule has 0 radical (unpaired) electrons. The molecule has 2 saturated heterocycles. The van der Waals surface area contributed by atoms with Crippen LogP contribution in [0, 0.1) is 11.8 Å². The molecule has 3 rings (SSSR count). The van der Waals surface area contributed by atoms with E-state index in [1.807, 2.05) is 18.3 Å². The van der Waals surface area contributed by atoms with Gasteiger partial charge in [0.25, 0.3) is 0 Å². The zero-order chi connectivity index (χ0) is 19.9. The molecular weight excluding hydrogens is 348 g/mol. The summed E-state index contributed by atoms with van der Waals surface area (Å²) in [6.45, 7) is 12.2. The molecule has 5 heteroatoms. The van der Waals surface area contributed by atoms with Crippen molar-refractivity contribution >= 4 is 5.91 Å². The van der Waals surface area contributed by atoms with E-state index in [0.29, 0.717) is 18.6 Å². The summed E-state index contributed by atoms with van der Waals surface area (Å²) in [5.74, 6) is 1.15. The molecule has 1 atom stereocenters. The maximum atomic E-state index is 12.5. The van der Waals surface area contributed by atoms with E-state index in [1.54, 1.807) is 6.20 Å². The highest BCUT2D eigenvalue weighted by Gasteiger charge is 2.31. The van der Waals surface area contributed by atoms with Crippen LogP contribution in [0.15, 0.2) is 24.5 Å². The number of carbonyl (C=O) groups is 1. The Balaban J connectivity index is 1.37. The van der Waals surface area contributed by atoms with Crippen molar-refractivity contribution in [2.24, 2.45) is 11.8 Å². The number of carbonyl (C=O) groups excluding carboxylic acids is 1. The number of nitrogens with one attached hydrogen (secondary N) is 1. The van der Waals surface area contributed by atoms with Crippen LogP contribution in [0.2, 0.25) is 0 Å². The number of pyridine rings is 1. The van der Waals surface area contributed by atoms with E-state index >= 15 is 0 Å². The first-order valence-electron chi connectivity index (χ1n) is 11.2. The predicted molar refractivity (Wildman–Crippen MR) is 114 cm³/mol. The minimum absolute atomic E-state index is 0.166. The molecule has 0 aromatic carbocycles. The number of piperidine rings is 2. The Morgan fingerprint density at radius 3 is 2.46 bits per heavy atom. The summed E-state index contributed by atoms with van der Waals surface area (Å²) in [5, 5.41) is 3.09. The average molecular weight is 387 g/mol. The van der Waals surface area contributed by atoms with Crippen LogP contribution >= 0.6 is 0 Å². The molecule has 2 aliphatic heterocycles. The predicted octanol–water partition coefficient (Wildman–Crippen LogP) is 3.31. The molecule has 5 nitrogen and oxygen atoms in total. The molecule has 156 valence electrons. The lowest BCUT2D eigenvalue weighted by Gasteiger charge is -2.43. The van der Waals surface area contributed by atoms with Gasteiger partial charge >= 0.3 is 0 Å². The summed E-state index contributed by atoms with van der Waals surface area (Å²) >= 11 is 0. The quantitative estimate of drug-likeness (QED) is 0.781. The van der Waals surface area contributed by atoms with Gasteiger partial charge in [0, 0.05) is 36.9 Å². The van der Waals surface area contributed by atoms with Gasteiger partial charge in [0.15, 0.2) is 0 Å². The fraction of sp³-hybridized carbons (Fsp3) is 0.739. The van der Waals surface area contributed by atoms with Crippen LogP contribution in [0.25, 0.3) is 0 Å². The maximum Gasteiger partial charge on any atom is 0.223 e. The van der Waals surface area contributed by atoms with Crippen molar-refractivity contribution < 1.29 is 4.79 Å². The van der Waals surface area contributed by atoms with Crippen LogP contribution in [0.5, 0.6) is 0 Å². The summed E-state index contributed by atoms with van der Waals surface area (Å²) in [6, 6.07) is 5.33. The highest BCUT2D eigenvalue weighted by atomic mass is 16.1. The van der Waals surface area contributed by atoms with Gasteiger partial charge in [-0.25, -0.2) is 0 Å². The average Bonchev–Trinajstić information content (AvgIpc) is 2.72. The lowest BCUT2D eigenvalue weighted by Crippen LogP contribution is -2.50. The van der Waals surface area contributed by atoms with Gasteiger partial charge in [0.1, 0.15) is 0 Å². The SMILES string of the molecule is CC(C)C[C@H](C)N1CCC(N2CCC(C(=O)NCc3cccnc3)CC2)CC1. The van der Waals surface area contributed by atoms with E-state index in [4.69, 9.17) is 0 Å². The molecule has 1 aromatic rings. The van der Waals surface area contributed by atoms with Gasteiger partial charge in [0.05, 0.1) is 0 Å². The zero-order valence-corrected chi connectivity index (χ0v) is 17.9. The van der Waals surface area contributed by atoms with Crippen molar-refractivity contribution in [1.82, 2.24) is 20.1 Å². The van der Waals surface area contributed by atoms with Crippen molar-refractivity contribution in [2.75, 3.05) is 26.2 Å². The standard InChI is InChI=1S/C23H38N4O/c1-18(2)15-19(3)26-13-8-22(9-14-26)27-11-6-21(7-12-27)23(28)25-17-20-5-4-10-24-16-20/h4-5,10,16,18-19,21-22H,6-9,11-15,17H2,1-3H3,(H,25,28)/t19-/m0/s1. The van der Waals surface area contributed by atoms with Crippen LogP contribution in [0.1, 0.15) is 58.4 Å². The molecule has 0 aliphatic carbocycles. The molecule has 0 saturated carbocycles. The summed E-state index contributed by atoms with van der Waals surface area (Å²) in [4.78, 5) is 21.9. The molecule has 2 aliphatic rings. The summed E-state index contributed by atoms with van der Waals surface area (Å²) < 4.78 is 0. The van der Waals surface area contributed by atoms with Gasteiger partial charge in [-0.2, -0.15) is 0 Å². The van der Waals surface area contributed by atoms with Gasteiger partial charge in [0.2, 0.25) is 5.91 Å². The van der Waals surface area contributed by atoms with Crippen LogP contribution in [-0.4, -0.2) is 59.0 Å². The largest absolute Gasteiger partial charge is 0.352 e. The van der Waals surface area contributed by atoms with Gasteiger partial charge in [-0.3, -0.25) is 9.78 Å². The second-order valence-corrected chi connectivity index (χ2v) is 9.14. The summed E-state index contributed by atoms with van der Waals surface area (Å²) in [7, 11) is 0. The van der Waals surface area contributed by atoms with Gasteiger partial charge < -0.3 is 15.1 Å². The fourth-order valence-corrected chi connectivity index (χ4v) is 4.89. The van der Waals surface area contributed by atoms with E-state index < -0.39 is 0 Å². The molecule has 0 unspecified atom stereocenters. The molecular formula is C23H38N4O. The van der Waals surface area contributed by atoms with Gasteiger partial charge in [-0.1, -0.05) is 19.9 Å². The Bertz CT molecular complexity index is 590. The fourth-order valence-electron chi connectivity index (χ4n) is 4.89. The van der Waals surface area contributed by atoms with E-state index in [9.17, 15) is 4.79 Å². The van der Waals surface area contributed by atoms with E-state index in [1.165, 1.54) is 32.4 Å². The minimum atomic E-state index is 0.166. The first-order valence-corrected chi connectivity index (χ1v) is 11.2. The molecule has 3 heterocycles. The van der Waals surface area contributed by atoms with Crippen LogP contribution < -0.4 is 5.32 Å². The Morgan fingerprint density at radius 2 is 1.86 bits per heavy atom. The molecule has 1 N–H and O–H groups in total. The molecule has 0 bridgehead atoms. The smallest absolute Gasteiger partial charge is 0.223 e. The summed E-state index contributed by atoms with van der Waals surface area (Å²) in [6.07, 6.45) is 9.41. The van der Waals surface area contributed by atoms with Crippen LogP contribution in [0.3, 0.4) is 0 Å². The highest BCUT2D eigenvalue weighted by Crippen LogP contribution is 2.25. The second kappa shape index (κ2) is 10.4. The Hall–Kier alpha value is -1.46. The van der Waals surface area contributed by atoms with Crippen LogP contribution in [-0.2, 0) is 11.3 Å². The van der Waals surface area contributed by atoms with Crippen molar-refractivity contribution in [3.8, 4) is 0 Å². The van der Waals surface area contributed by atoms with E-state index in [-0.39, 0.29) is 11.8 Å². The monoisotopic (exact) mass is 386 g/mol. The second-order valence-electron chi connectivity index (χ2n) is 9.14. The highest BCUT2D eigenvalue weighted by molar-refractivity contribution is 5.78. The number of aromatic nitrogens is 1. The molecule has 1 amide bonds. The zero-order valence-electron chi connectivity index (χ0n) is 17.9. The molecule has 28 heavy (non-hydrogen) atoms. The van der Waals surface area contributed by atoms with Crippen molar-refractivity contribution in [3.63, 3.8) is 0 Å². The molecule has 0 spiro atoms. The number of hydrogen-bond donors (Lipinski definition) is 1. The topological polar surface area (TPSA) is 48.5 Å². The first-order chi connectivity index (χ1) is 13.5. The minimum Gasteiger partial charge on any atom is -0.352 e.